The molecule has 0 fully saturated rings. The Bertz CT molecular complexity index is 971. The van der Waals surface area contributed by atoms with Gasteiger partial charge in [-0.3, -0.25) is 20.4 Å². The fourth-order valence-electron chi connectivity index (χ4n) is 2.57. The average molecular weight is 407 g/mol. The highest BCUT2D eigenvalue weighted by Crippen LogP contribution is 2.19. The van der Waals surface area contributed by atoms with Crippen LogP contribution < -0.4 is 10.9 Å². The van der Waals surface area contributed by atoms with Gasteiger partial charge in [-0.25, -0.2) is 12.8 Å². The van der Waals surface area contributed by atoms with Crippen molar-refractivity contribution in [1.82, 2.24) is 15.2 Å². The summed E-state index contributed by atoms with van der Waals surface area (Å²) in [4.78, 5) is 24.5. The Hall–Kier alpha value is -2.78. The second-order valence-electron chi connectivity index (χ2n) is 5.98. The lowest BCUT2D eigenvalue weighted by Gasteiger charge is -2.19. The Morgan fingerprint density at radius 2 is 1.54 bits per heavy atom. The van der Waals surface area contributed by atoms with Crippen LogP contribution in [-0.4, -0.2) is 37.6 Å². The van der Waals surface area contributed by atoms with Gasteiger partial charge >= 0.3 is 0 Å². The van der Waals surface area contributed by atoms with Crippen molar-refractivity contribution in [2.24, 2.45) is 0 Å². The van der Waals surface area contributed by atoms with E-state index >= 15 is 0 Å². The van der Waals surface area contributed by atoms with E-state index in [0.717, 1.165) is 12.1 Å². The Labute approximate surface area is 163 Å². The van der Waals surface area contributed by atoms with Crippen LogP contribution in [0.15, 0.2) is 47.4 Å². The van der Waals surface area contributed by atoms with Crippen molar-refractivity contribution >= 4 is 21.8 Å². The van der Waals surface area contributed by atoms with Gasteiger partial charge in [-0.15, -0.1) is 0 Å². The molecule has 0 aliphatic heterocycles. The largest absolute Gasteiger partial charge is 0.270 e. The van der Waals surface area contributed by atoms with E-state index in [1.54, 1.807) is 20.8 Å². The third-order valence-corrected chi connectivity index (χ3v) is 6.24. The Balaban J connectivity index is 2.19. The molecule has 0 aliphatic rings. The monoisotopic (exact) mass is 407 g/mol. The Morgan fingerprint density at radius 3 is 2.11 bits per heavy atom. The molecule has 0 heterocycles. The maximum Gasteiger partial charge on any atom is 0.270 e. The molecular formula is C19H22FN3O4S. The minimum atomic E-state index is -3.72. The molecule has 2 rings (SSSR count). The lowest BCUT2D eigenvalue weighted by Crippen LogP contribution is -2.42. The van der Waals surface area contributed by atoms with Gasteiger partial charge in [-0.2, -0.15) is 4.31 Å². The highest BCUT2D eigenvalue weighted by atomic mass is 32.2. The highest BCUT2D eigenvalue weighted by Gasteiger charge is 2.23. The number of nitrogens with zero attached hydrogens (tertiary/aromatic N) is 1. The first kappa shape index (κ1) is 21.5. The number of nitrogens with one attached hydrogen (secondary N) is 2. The van der Waals surface area contributed by atoms with E-state index in [1.165, 1.54) is 34.6 Å². The molecule has 0 radical (unpaired) electrons. The number of carbonyl (C=O) groups is 2. The summed E-state index contributed by atoms with van der Waals surface area (Å²) in [6, 6.07) is 9.07. The Kier molecular flexibility index (Phi) is 6.87. The average Bonchev–Trinajstić information content (AvgIpc) is 2.67. The zero-order valence-electron chi connectivity index (χ0n) is 15.8. The molecule has 2 N–H and O–H groups in total. The predicted molar refractivity (Wildman–Crippen MR) is 103 cm³/mol. The molecule has 0 spiro atoms. The van der Waals surface area contributed by atoms with E-state index in [1.807, 2.05) is 0 Å². The molecule has 0 aromatic heterocycles. The molecule has 0 saturated carbocycles. The molecule has 0 unspecified atom stereocenters. The quantitative estimate of drug-likeness (QED) is 0.718. The van der Waals surface area contributed by atoms with Gasteiger partial charge < -0.3 is 0 Å². The number of aryl methyl sites for hydroxylation is 1. The molecule has 0 saturated heterocycles. The number of halogens is 1. The maximum absolute atomic E-state index is 12.9. The number of hydrazine groups is 1. The summed E-state index contributed by atoms with van der Waals surface area (Å²) in [5.41, 5.74) is 5.30. The first-order valence-corrected chi connectivity index (χ1v) is 10.1. The third-order valence-electron chi connectivity index (χ3n) is 4.19. The lowest BCUT2D eigenvalue weighted by atomic mass is 10.1. The van der Waals surface area contributed by atoms with E-state index < -0.39 is 27.7 Å². The molecule has 2 aromatic rings. The standard InChI is InChI=1S/C19H22FN3O4S/c1-4-23(5-2)28(26,27)16-11-6-13(3)17(12-16)19(25)22-21-18(24)14-7-9-15(20)10-8-14/h6-12H,4-5H2,1-3H3,(H,21,24)(H,22,25). The summed E-state index contributed by atoms with van der Waals surface area (Å²) < 4.78 is 39.5. The van der Waals surface area contributed by atoms with Crippen LogP contribution in [0, 0.1) is 12.7 Å². The van der Waals surface area contributed by atoms with Crippen LogP contribution in [0.3, 0.4) is 0 Å². The van der Waals surface area contributed by atoms with Gasteiger partial charge in [0.2, 0.25) is 10.0 Å². The van der Waals surface area contributed by atoms with Gasteiger partial charge in [0.25, 0.3) is 11.8 Å². The summed E-state index contributed by atoms with van der Waals surface area (Å²) in [5, 5.41) is 0. The van der Waals surface area contributed by atoms with Gasteiger partial charge in [0, 0.05) is 24.2 Å². The van der Waals surface area contributed by atoms with Gasteiger partial charge in [-0.05, 0) is 48.9 Å². The molecule has 0 atom stereocenters. The highest BCUT2D eigenvalue weighted by molar-refractivity contribution is 7.89. The molecule has 0 bridgehead atoms. The van der Waals surface area contributed by atoms with Crippen LogP contribution in [-0.2, 0) is 10.0 Å². The first-order valence-electron chi connectivity index (χ1n) is 8.67. The van der Waals surface area contributed by atoms with E-state index in [2.05, 4.69) is 10.9 Å². The molecule has 2 amide bonds. The predicted octanol–water partition coefficient (Wildman–Crippen LogP) is 2.24. The van der Waals surface area contributed by atoms with E-state index in [9.17, 15) is 22.4 Å². The Morgan fingerprint density at radius 1 is 0.964 bits per heavy atom. The van der Waals surface area contributed by atoms with Crippen LogP contribution in [0.5, 0.6) is 0 Å². The van der Waals surface area contributed by atoms with E-state index in [4.69, 9.17) is 0 Å². The smallest absolute Gasteiger partial charge is 0.267 e. The number of sulfonamides is 1. The second kappa shape index (κ2) is 8.94. The fourth-order valence-corrected chi connectivity index (χ4v) is 4.06. The van der Waals surface area contributed by atoms with Crippen molar-refractivity contribution < 1.29 is 22.4 Å². The van der Waals surface area contributed by atoms with Crippen LogP contribution >= 0.6 is 0 Å². The van der Waals surface area contributed by atoms with Crippen molar-refractivity contribution in [1.29, 1.82) is 0 Å². The maximum atomic E-state index is 12.9. The summed E-state index contributed by atoms with van der Waals surface area (Å²) in [6.07, 6.45) is 0. The minimum absolute atomic E-state index is 0.00295. The molecule has 28 heavy (non-hydrogen) atoms. The normalized spacial score (nSPS) is 11.3. The third kappa shape index (κ3) is 4.73. The molecular weight excluding hydrogens is 385 g/mol. The molecule has 9 heteroatoms. The number of hydrogen-bond donors (Lipinski definition) is 2. The fraction of sp³-hybridized carbons (Fsp3) is 0.263. The molecule has 7 nitrogen and oxygen atoms in total. The molecule has 0 aliphatic carbocycles. The van der Waals surface area contributed by atoms with Gasteiger partial charge in [-0.1, -0.05) is 19.9 Å². The van der Waals surface area contributed by atoms with Crippen molar-refractivity contribution in [3.63, 3.8) is 0 Å². The van der Waals surface area contributed by atoms with Crippen LogP contribution in [0.2, 0.25) is 0 Å². The first-order chi connectivity index (χ1) is 13.2. The summed E-state index contributed by atoms with van der Waals surface area (Å²) in [5.74, 6) is -1.77. The van der Waals surface area contributed by atoms with Gasteiger partial charge in [0.1, 0.15) is 5.82 Å². The zero-order chi connectivity index (χ0) is 20.9. The number of hydrogen-bond acceptors (Lipinski definition) is 4. The molecule has 150 valence electrons. The topological polar surface area (TPSA) is 95.6 Å². The van der Waals surface area contributed by atoms with Gasteiger partial charge in [0.05, 0.1) is 4.90 Å². The van der Waals surface area contributed by atoms with Crippen LogP contribution in [0.4, 0.5) is 4.39 Å². The van der Waals surface area contributed by atoms with E-state index in [0.29, 0.717) is 18.7 Å². The summed E-state index contributed by atoms with van der Waals surface area (Å²) in [7, 11) is -3.72. The summed E-state index contributed by atoms with van der Waals surface area (Å²) in [6.45, 7) is 5.73. The number of benzene rings is 2. The lowest BCUT2D eigenvalue weighted by molar-refractivity contribution is 0.0846. The van der Waals surface area contributed by atoms with Crippen molar-refractivity contribution in [3.05, 3.63) is 65.0 Å². The van der Waals surface area contributed by atoms with Crippen molar-refractivity contribution in [2.75, 3.05) is 13.1 Å². The van der Waals surface area contributed by atoms with Crippen LogP contribution in [0.25, 0.3) is 0 Å². The number of carbonyl (C=O) groups excluding carboxylic acids is 2. The second-order valence-corrected chi connectivity index (χ2v) is 7.92. The molecule has 2 aromatic carbocycles. The van der Waals surface area contributed by atoms with Crippen LogP contribution in [0.1, 0.15) is 40.1 Å². The van der Waals surface area contributed by atoms with E-state index in [-0.39, 0.29) is 16.0 Å². The number of rotatable bonds is 6. The van der Waals surface area contributed by atoms with Crippen molar-refractivity contribution in [3.8, 4) is 0 Å². The summed E-state index contributed by atoms with van der Waals surface area (Å²) >= 11 is 0. The van der Waals surface area contributed by atoms with Crippen molar-refractivity contribution in [2.45, 2.75) is 25.7 Å². The zero-order valence-corrected chi connectivity index (χ0v) is 16.6. The number of amides is 2. The minimum Gasteiger partial charge on any atom is -0.267 e. The van der Waals surface area contributed by atoms with Gasteiger partial charge in [0.15, 0.2) is 0 Å². The SMILES string of the molecule is CCN(CC)S(=O)(=O)c1ccc(C)c(C(=O)NNC(=O)c2ccc(F)cc2)c1.